The summed E-state index contributed by atoms with van der Waals surface area (Å²) in [6.07, 6.45) is 7.18. The van der Waals surface area contributed by atoms with E-state index < -0.39 is 43.5 Å². The van der Waals surface area contributed by atoms with E-state index >= 15 is 0 Å². The fraction of sp³-hybridized carbons (Fsp3) is 0.800. The molecular weight excluding hydrogens is 475 g/mol. The summed E-state index contributed by atoms with van der Waals surface area (Å²) in [5.74, 6) is -0.559. The molecule has 0 amide bonds. The molecule has 0 unspecified atom stereocenters. The molecule has 7 atom stereocenters. The largest absolute Gasteiger partial charge is 0.469 e. The number of esters is 2. The summed E-state index contributed by atoms with van der Waals surface area (Å²) in [5.41, 5.74) is -0.737. The van der Waals surface area contributed by atoms with Crippen molar-refractivity contribution in [2.75, 3.05) is 6.61 Å². The van der Waals surface area contributed by atoms with Crippen LogP contribution < -0.4 is 0 Å². The maximum atomic E-state index is 13.4. The number of ether oxygens (including phenoxy) is 2. The van der Waals surface area contributed by atoms with Gasteiger partial charge in [-0.05, 0) is 74.5 Å². The van der Waals surface area contributed by atoms with Gasteiger partial charge in [-0.25, -0.2) is 4.57 Å². The highest BCUT2D eigenvalue weighted by Gasteiger charge is 2.68. The van der Waals surface area contributed by atoms with Crippen LogP contribution in [0.2, 0.25) is 0 Å². The molecule has 0 radical (unpaired) electrons. The lowest BCUT2D eigenvalue weighted by atomic mass is 9.46. The predicted molar refractivity (Wildman–Crippen MR) is 125 cm³/mol. The molecule has 9 nitrogen and oxygen atoms in total. The van der Waals surface area contributed by atoms with Crippen LogP contribution in [0.15, 0.2) is 11.6 Å². The van der Waals surface area contributed by atoms with E-state index in [1.165, 1.54) is 19.4 Å². The summed E-state index contributed by atoms with van der Waals surface area (Å²) in [6, 6.07) is 0. The Morgan fingerprint density at radius 3 is 2.34 bits per heavy atom. The first-order chi connectivity index (χ1) is 16.2. The standard InChI is InChI=1S/C25H37O9P/c1-15(26)32-14-22(28)25(33-16(2)27)12-9-21-19-6-5-17-13-18(34-35(29,30)31)7-10-23(17,3)20(19)8-11-24(21,25)4/h5,18-21H,6-14H2,1-4H3,(H2,29,30,31)/t18-,19-,20-,21-,23-,24-,25-/m0/s1. The minimum atomic E-state index is -4.54. The lowest BCUT2D eigenvalue weighted by Crippen LogP contribution is -2.59. The first kappa shape index (κ1) is 26.5. The highest BCUT2D eigenvalue weighted by atomic mass is 31.2. The number of carbonyl (C=O) groups excluding carboxylic acids is 3. The molecule has 0 saturated heterocycles. The van der Waals surface area contributed by atoms with E-state index in [2.05, 4.69) is 19.9 Å². The second-order valence-electron chi connectivity index (χ2n) is 11.3. The molecule has 4 aliphatic carbocycles. The fourth-order valence-corrected chi connectivity index (χ4v) is 8.69. The van der Waals surface area contributed by atoms with Gasteiger partial charge in [0.2, 0.25) is 5.78 Å². The van der Waals surface area contributed by atoms with E-state index in [9.17, 15) is 28.7 Å². The lowest BCUT2D eigenvalue weighted by Gasteiger charge is -2.59. The molecule has 4 aliphatic rings. The highest BCUT2D eigenvalue weighted by Crippen LogP contribution is 2.68. The van der Waals surface area contributed by atoms with E-state index in [0.717, 1.165) is 25.7 Å². The molecule has 0 aromatic heterocycles. The molecule has 3 saturated carbocycles. The molecule has 10 heteroatoms. The quantitative estimate of drug-likeness (QED) is 0.309. The van der Waals surface area contributed by atoms with Crippen LogP contribution in [0.25, 0.3) is 0 Å². The second-order valence-corrected chi connectivity index (χ2v) is 12.5. The van der Waals surface area contributed by atoms with Crippen molar-refractivity contribution in [3.8, 4) is 0 Å². The summed E-state index contributed by atoms with van der Waals surface area (Å²) in [6.45, 7) is 6.48. The third-order valence-corrected chi connectivity index (χ3v) is 10.2. The Balaban J connectivity index is 1.61. The zero-order valence-electron chi connectivity index (χ0n) is 21.0. The number of phosphoric acid groups is 1. The van der Waals surface area contributed by atoms with Crippen molar-refractivity contribution in [1.82, 2.24) is 0 Å². The van der Waals surface area contributed by atoms with Crippen molar-refractivity contribution < 1.29 is 42.7 Å². The third kappa shape index (κ3) is 4.54. The molecule has 3 fully saturated rings. The molecule has 196 valence electrons. The number of fused-ring (bicyclic) bond motifs is 5. The van der Waals surface area contributed by atoms with E-state index in [4.69, 9.17) is 14.0 Å². The van der Waals surface area contributed by atoms with Gasteiger partial charge >= 0.3 is 19.8 Å². The zero-order chi connectivity index (χ0) is 25.8. The van der Waals surface area contributed by atoms with Crippen LogP contribution in [0.3, 0.4) is 0 Å². The molecule has 0 aromatic carbocycles. The number of phosphoric ester groups is 1. The summed E-state index contributed by atoms with van der Waals surface area (Å²) < 4.78 is 27.3. The van der Waals surface area contributed by atoms with Crippen molar-refractivity contribution in [3.05, 3.63) is 11.6 Å². The Morgan fingerprint density at radius 1 is 1.03 bits per heavy atom. The number of hydrogen-bond donors (Lipinski definition) is 2. The molecule has 2 N–H and O–H groups in total. The minimum Gasteiger partial charge on any atom is -0.458 e. The molecule has 0 spiro atoms. The van der Waals surface area contributed by atoms with E-state index in [-0.39, 0.29) is 17.1 Å². The van der Waals surface area contributed by atoms with E-state index in [1.807, 2.05) is 0 Å². The predicted octanol–water partition coefficient (Wildman–Crippen LogP) is 3.86. The molecule has 0 aromatic rings. The molecule has 35 heavy (non-hydrogen) atoms. The minimum absolute atomic E-state index is 0.0898. The van der Waals surface area contributed by atoms with E-state index in [0.29, 0.717) is 37.5 Å². The van der Waals surface area contributed by atoms with Crippen molar-refractivity contribution in [3.63, 3.8) is 0 Å². The molecular formula is C25H37O9P. The molecule has 0 bridgehead atoms. The second kappa shape index (κ2) is 9.09. The Bertz CT molecular complexity index is 985. The van der Waals surface area contributed by atoms with E-state index in [1.54, 1.807) is 0 Å². The number of allylic oxidation sites excluding steroid dienone is 1. The van der Waals surface area contributed by atoms with Gasteiger partial charge in [-0.1, -0.05) is 25.5 Å². The van der Waals surface area contributed by atoms with Crippen LogP contribution in [-0.4, -0.2) is 45.8 Å². The number of carbonyl (C=O) groups is 3. The number of rotatable bonds is 6. The Hall–Kier alpha value is -1.54. The van der Waals surface area contributed by atoms with Gasteiger partial charge in [0.25, 0.3) is 0 Å². The van der Waals surface area contributed by atoms with Gasteiger partial charge < -0.3 is 19.3 Å². The highest BCUT2D eigenvalue weighted by molar-refractivity contribution is 7.46. The summed E-state index contributed by atoms with van der Waals surface area (Å²) >= 11 is 0. The zero-order valence-corrected chi connectivity index (χ0v) is 21.8. The fourth-order valence-electron chi connectivity index (χ4n) is 8.12. The number of hydrogen-bond acceptors (Lipinski definition) is 7. The third-order valence-electron chi connectivity index (χ3n) is 9.64. The van der Waals surface area contributed by atoms with Gasteiger partial charge in [0.05, 0.1) is 6.10 Å². The maximum Gasteiger partial charge on any atom is 0.469 e. The molecule has 0 heterocycles. The van der Waals surface area contributed by atoms with Crippen molar-refractivity contribution in [2.24, 2.45) is 28.6 Å². The van der Waals surface area contributed by atoms with Gasteiger partial charge in [0, 0.05) is 19.3 Å². The normalized spacial score (nSPS) is 40.6. The van der Waals surface area contributed by atoms with Crippen LogP contribution in [0.1, 0.15) is 79.1 Å². The molecule has 0 aliphatic heterocycles. The Labute approximate surface area is 206 Å². The van der Waals surface area contributed by atoms with Crippen LogP contribution in [-0.2, 0) is 32.9 Å². The average molecular weight is 513 g/mol. The Kier molecular flexibility index (Phi) is 6.89. The Morgan fingerprint density at radius 2 is 1.71 bits per heavy atom. The smallest absolute Gasteiger partial charge is 0.458 e. The summed E-state index contributed by atoms with van der Waals surface area (Å²) in [5, 5.41) is 0. The van der Waals surface area contributed by atoms with Crippen molar-refractivity contribution in [1.29, 1.82) is 0 Å². The van der Waals surface area contributed by atoms with Crippen LogP contribution >= 0.6 is 7.82 Å². The van der Waals surface area contributed by atoms with Crippen molar-refractivity contribution in [2.45, 2.75) is 90.8 Å². The SMILES string of the molecule is CC(=O)OCC(=O)[C@@]1(OC(C)=O)CC[C@H]2[C@H]3CC=C4C[C@@H](OP(=O)(O)O)CC[C@]4(C)[C@H]3CC[C@@]21C. The van der Waals surface area contributed by atoms with Gasteiger partial charge in [0.1, 0.15) is 0 Å². The summed E-state index contributed by atoms with van der Waals surface area (Å²) in [7, 11) is -4.54. The van der Waals surface area contributed by atoms with Gasteiger partial charge in [0.15, 0.2) is 12.2 Å². The first-order valence-corrected chi connectivity index (χ1v) is 14.0. The average Bonchev–Trinajstić information content (AvgIpc) is 3.04. The topological polar surface area (TPSA) is 136 Å². The van der Waals surface area contributed by atoms with Gasteiger partial charge in [-0.3, -0.25) is 18.9 Å². The summed E-state index contributed by atoms with van der Waals surface area (Å²) in [4.78, 5) is 55.5. The molecule has 4 rings (SSSR count). The van der Waals surface area contributed by atoms with Crippen molar-refractivity contribution >= 4 is 25.5 Å². The number of Topliss-reactive ketones (excluding diaryl/α,β-unsaturated/α-hetero) is 1. The number of ketones is 1. The van der Waals surface area contributed by atoms with Crippen LogP contribution in [0.5, 0.6) is 0 Å². The monoisotopic (exact) mass is 512 g/mol. The lowest BCUT2D eigenvalue weighted by molar-refractivity contribution is -0.190. The van der Waals surface area contributed by atoms with Gasteiger partial charge in [-0.2, -0.15) is 0 Å². The van der Waals surface area contributed by atoms with Crippen LogP contribution in [0, 0.1) is 28.6 Å². The first-order valence-electron chi connectivity index (χ1n) is 12.5. The van der Waals surface area contributed by atoms with Crippen LogP contribution in [0.4, 0.5) is 0 Å². The van der Waals surface area contributed by atoms with Gasteiger partial charge in [-0.15, -0.1) is 0 Å². The maximum absolute atomic E-state index is 13.4.